The molecule has 0 spiro atoms. The van der Waals surface area contributed by atoms with Crippen molar-refractivity contribution >= 4 is 5.78 Å². The molecule has 0 saturated carbocycles. The fourth-order valence-corrected chi connectivity index (χ4v) is 2.91. The van der Waals surface area contributed by atoms with E-state index >= 15 is 0 Å². The third-order valence-corrected chi connectivity index (χ3v) is 4.05. The molecule has 3 aromatic rings. The summed E-state index contributed by atoms with van der Waals surface area (Å²) in [5.74, 6) is -2.89. The summed E-state index contributed by atoms with van der Waals surface area (Å²) in [5, 5.41) is 0. The maximum absolute atomic E-state index is 13.9. The zero-order valence-electron chi connectivity index (χ0n) is 14.0. The summed E-state index contributed by atoms with van der Waals surface area (Å²) in [7, 11) is 0. The van der Waals surface area contributed by atoms with Gasteiger partial charge in [-0.3, -0.25) is 14.2 Å². The molecule has 0 unspecified atom stereocenters. The van der Waals surface area contributed by atoms with E-state index in [-0.39, 0.29) is 11.1 Å². The van der Waals surface area contributed by atoms with Crippen LogP contribution >= 0.6 is 0 Å². The highest BCUT2D eigenvalue weighted by atomic mass is 19.1. The van der Waals surface area contributed by atoms with Crippen LogP contribution in [0.2, 0.25) is 0 Å². The highest BCUT2D eigenvalue weighted by molar-refractivity contribution is 6.09. The predicted octanol–water partition coefficient (Wildman–Crippen LogP) is 4.10. The third kappa shape index (κ3) is 3.18. The van der Waals surface area contributed by atoms with Gasteiger partial charge >= 0.3 is 0 Å². The molecule has 0 aliphatic rings. The number of hydrogen-bond donors (Lipinski definition) is 0. The Bertz CT molecular complexity index is 1060. The number of carbonyl (C=O) groups excluding carboxylic acids is 1. The van der Waals surface area contributed by atoms with Crippen LogP contribution < -0.4 is 5.56 Å². The molecule has 2 aromatic carbocycles. The van der Waals surface area contributed by atoms with E-state index in [1.54, 1.807) is 13.8 Å². The number of carbonyl (C=O) groups is 1. The molecular weight excluding hydrogens is 343 g/mol. The molecule has 132 valence electrons. The van der Waals surface area contributed by atoms with E-state index in [2.05, 4.69) is 0 Å². The normalized spacial score (nSPS) is 10.8. The Balaban J connectivity index is 2.15. The van der Waals surface area contributed by atoms with Gasteiger partial charge in [-0.25, -0.2) is 13.2 Å². The minimum absolute atomic E-state index is 0.0539. The average Bonchev–Trinajstić information content (AvgIpc) is 2.55. The maximum Gasteiger partial charge on any atom is 0.255 e. The predicted molar refractivity (Wildman–Crippen MR) is 91.3 cm³/mol. The van der Waals surface area contributed by atoms with Gasteiger partial charge in [0.1, 0.15) is 17.5 Å². The Hall–Kier alpha value is -3.15. The van der Waals surface area contributed by atoms with Gasteiger partial charge in [-0.05, 0) is 55.3 Å². The lowest BCUT2D eigenvalue weighted by molar-refractivity contribution is 0.103. The van der Waals surface area contributed by atoms with E-state index < -0.39 is 28.8 Å². The average molecular weight is 357 g/mol. The standard InChI is InChI=1S/C20H14F3NO2/c1-11-7-15(22)8-12(2)19(11)24-10-13(3-6-18(24)25)20(26)16-5-4-14(21)9-17(16)23/h3-10H,1-2H3. The fraction of sp³-hybridized carbons (Fsp3) is 0.100. The smallest absolute Gasteiger partial charge is 0.255 e. The summed E-state index contributed by atoms with van der Waals surface area (Å²) < 4.78 is 41.7. The number of rotatable bonds is 3. The molecule has 0 aliphatic carbocycles. The van der Waals surface area contributed by atoms with Crippen LogP contribution in [0.15, 0.2) is 53.5 Å². The Labute approximate surface area is 147 Å². The van der Waals surface area contributed by atoms with E-state index in [0.717, 1.165) is 12.1 Å². The van der Waals surface area contributed by atoms with Gasteiger partial charge in [0.25, 0.3) is 5.56 Å². The van der Waals surface area contributed by atoms with E-state index in [1.807, 2.05) is 0 Å². The van der Waals surface area contributed by atoms with Gasteiger partial charge in [0, 0.05) is 23.9 Å². The number of hydrogen-bond acceptors (Lipinski definition) is 2. The molecule has 0 amide bonds. The summed E-state index contributed by atoms with van der Waals surface area (Å²) in [5.41, 5.74) is 0.816. The summed E-state index contributed by atoms with van der Waals surface area (Å²) >= 11 is 0. The summed E-state index contributed by atoms with van der Waals surface area (Å²) in [6, 6.07) is 7.68. The molecule has 26 heavy (non-hydrogen) atoms. The number of pyridine rings is 1. The summed E-state index contributed by atoms with van der Waals surface area (Å²) in [4.78, 5) is 24.8. The zero-order valence-corrected chi connectivity index (χ0v) is 14.0. The Morgan fingerprint density at radius 2 is 1.54 bits per heavy atom. The molecule has 0 aliphatic heterocycles. The number of halogens is 3. The molecule has 1 aromatic heterocycles. The van der Waals surface area contributed by atoms with Crippen LogP contribution in [0.3, 0.4) is 0 Å². The zero-order chi connectivity index (χ0) is 19.0. The minimum Gasteiger partial charge on any atom is -0.288 e. The molecule has 0 radical (unpaired) electrons. The summed E-state index contributed by atoms with van der Waals surface area (Å²) in [6.07, 6.45) is 1.28. The maximum atomic E-state index is 13.9. The topological polar surface area (TPSA) is 39.1 Å². The van der Waals surface area contributed by atoms with Gasteiger partial charge < -0.3 is 0 Å². The lowest BCUT2D eigenvalue weighted by Gasteiger charge is -2.14. The molecule has 3 nitrogen and oxygen atoms in total. The first-order valence-corrected chi connectivity index (χ1v) is 7.77. The molecule has 0 atom stereocenters. The molecule has 0 N–H and O–H groups in total. The minimum atomic E-state index is -0.984. The van der Waals surface area contributed by atoms with Gasteiger partial charge in [-0.1, -0.05) is 0 Å². The highest BCUT2D eigenvalue weighted by Gasteiger charge is 2.17. The van der Waals surface area contributed by atoms with Crippen LogP contribution in [0.1, 0.15) is 27.0 Å². The Morgan fingerprint density at radius 3 is 2.15 bits per heavy atom. The molecule has 3 rings (SSSR count). The van der Waals surface area contributed by atoms with Crippen molar-refractivity contribution in [2.45, 2.75) is 13.8 Å². The van der Waals surface area contributed by atoms with Crippen LogP contribution in [-0.2, 0) is 0 Å². The van der Waals surface area contributed by atoms with Crippen LogP contribution in [-0.4, -0.2) is 10.4 Å². The van der Waals surface area contributed by atoms with Crippen molar-refractivity contribution in [3.8, 4) is 5.69 Å². The molecular formula is C20H14F3NO2. The number of benzene rings is 2. The van der Waals surface area contributed by atoms with Gasteiger partial charge in [0.15, 0.2) is 5.78 Å². The third-order valence-electron chi connectivity index (χ3n) is 4.05. The first kappa shape index (κ1) is 17.7. The Morgan fingerprint density at radius 1 is 0.885 bits per heavy atom. The van der Waals surface area contributed by atoms with E-state index in [1.165, 1.54) is 35.0 Å². The Kier molecular flexibility index (Phi) is 4.50. The number of ketones is 1. The highest BCUT2D eigenvalue weighted by Crippen LogP contribution is 2.21. The van der Waals surface area contributed by atoms with Crippen molar-refractivity contribution in [1.29, 1.82) is 0 Å². The number of nitrogens with zero attached hydrogens (tertiary/aromatic N) is 1. The fourth-order valence-electron chi connectivity index (χ4n) is 2.91. The van der Waals surface area contributed by atoms with E-state index in [4.69, 9.17) is 0 Å². The first-order valence-electron chi connectivity index (χ1n) is 7.77. The quantitative estimate of drug-likeness (QED) is 0.662. The van der Waals surface area contributed by atoms with E-state index in [9.17, 15) is 22.8 Å². The van der Waals surface area contributed by atoms with Crippen LogP contribution in [0, 0.1) is 31.3 Å². The molecule has 0 fully saturated rings. The second-order valence-electron chi connectivity index (χ2n) is 5.97. The molecule has 0 saturated heterocycles. The van der Waals surface area contributed by atoms with Gasteiger partial charge in [0.2, 0.25) is 0 Å². The monoisotopic (exact) mass is 357 g/mol. The molecule has 1 heterocycles. The van der Waals surface area contributed by atoms with Crippen LogP contribution in [0.5, 0.6) is 0 Å². The largest absolute Gasteiger partial charge is 0.288 e. The van der Waals surface area contributed by atoms with Crippen molar-refractivity contribution in [3.63, 3.8) is 0 Å². The lowest BCUT2D eigenvalue weighted by Crippen LogP contribution is -2.20. The number of aryl methyl sites for hydroxylation is 2. The van der Waals surface area contributed by atoms with Crippen molar-refractivity contribution < 1.29 is 18.0 Å². The van der Waals surface area contributed by atoms with Gasteiger partial charge in [-0.2, -0.15) is 0 Å². The van der Waals surface area contributed by atoms with E-state index in [0.29, 0.717) is 22.9 Å². The van der Waals surface area contributed by atoms with Crippen molar-refractivity contribution in [2.24, 2.45) is 0 Å². The SMILES string of the molecule is Cc1cc(F)cc(C)c1-n1cc(C(=O)c2ccc(F)cc2F)ccc1=O. The second kappa shape index (κ2) is 6.63. The van der Waals surface area contributed by atoms with Crippen molar-refractivity contribution in [3.05, 3.63) is 98.7 Å². The van der Waals surface area contributed by atoms with Crippen molar-refractivity contribution in [2.75, 3.05) is 0 Å². The second-order valence-corrected chi connectivity index (χ2v) is 5.97. The van der Waals surface area contributed by atoms with Gasteiger partial charge in [-0.15, -0.1) is 0 Å². The number of aromatic nitrogens is 1. The molecule has 6 heteroatoms. The van der Waals surface area contributed by atoms with Crippen molar-refractivity contribution in [1.82, 2.24) is 4.57 Å². The molecule has 0 bridgehead atoms. The first-order chi connectivity index (χ1) is 12.3. The lowest BCUT2D eigenvalue weighted by atomic mass is 10.0. The van der Waals surface area contributed by atoms with Crippen LogP contribution in [0.25, 0.3) is 5.69 Å². The van der Waals surface area contributed by atoms with Gasteiger partial charge in [0.05, 0.1) is 11.3 Å². The summed E-state index contributed by atoms with van der Waals surface area (Å²) in [6.45, 7) is 3.29. The van der Waals surface area contributed by atoms with Crippen LogP contribution in [0.4, 0.5) is 13.2 Å².